The lowest BCUT2D eigenvalue weighted by Gasteiger charge is -2.27. The molecule has 3 rings (SSSR count). The molecule has 0 unspecified atom stereocenters. The van der Waals surface area contributed by atoms with Gasteiger partial charge in [-0.1, -0.05) is 0 Å². The maximum absolute atomic E-state index is 12.7. The number of carbonyl (C=O) groups excluding carboxylic acids is 2. The Morgan fingerprint density at radius 2 is 2.17 bits per heavy atom. The minimum atomic E-state index is -0.114. The molecule has 29 heavy (non-hydrogen) atoms. The van der Waals surface area contributed by atoms with Gasteiger partial charge in [-0.3, -0.25) is 14.3 Å². The molecule has 0 radical (unpaired) electrons. The highest BCUT2D eigenvalue weighted by Crippen LogP contribution is 2.37. The van der Waals surface area contributed by atoms with Crippen molar-refractivity contribution in [1.29, 1.82) is 0 Å². The second kappa shape index (κ2) is 9.09. The van der Waals surface area contributed by atoms with Crippen molar-refractivity contribution < 1.29 is 14.3 Å². The van der Waals surface area contributed by atoms with Crippen LogP contribution < -0.4 is 5.32 Å². The van der Waals surface area contributed by atoms with Gasteiger partial charge in [-0.2, -0.15) is 5.10 Å². The molecule has 2 atom stereocenters. The summed E-state index contributed by atoms with van der Waals surface area (Å²) < 4.78 is 7.10. The maximum atomic E-state index is 12.7. The van der Waals surface area contributed by atoms with Crippen molar-refractivity contribution in [2.45, 2.75) is 46.2 Å². The fourth-order valence-corrected chi connectivity index (χ4v) is 4.69. The number of thiophene rings is 1. The molecule has 3 heterocycles. The predicted octanol–water partition coefficient (Wildman–Crippen LogP) is 3.11. The molecule has 0 bridgehead atoms. The first-order valence-corrected chi connectivity index (χ1v) is 10.8. The van der Waals surface area contributed by atoms with Crippen LogP contribution in [0.4, 0.5) is 0 Å². The Morgan fingerprint density at radius 3 is 2.76 bits per heavy atom. The quantitative estimate of drug-likeness (QED) is 0.715. The van der Waals surface area contributed by atoms with Crippen molar-refractivity contribution in [2.75, 3.05) is 26.8 Å². The molecule has 158 valence electrons. The maximum Gasteiger partial charge on any atom is 0.261 e. The number of likely N-dealkylation sites (tertiary alicyclic amines) is 1. The third-order valence-corrected chi connectivity index (χ3v) is 6.63. The number of hydrogen-bond donors (Lipinski definition) is 1. The number of aromatic nitrogens is 2. The summed E-state index contributed by atoms with van der Waals surface area (Å²) >= 11 is 1.50. The van der Waals surface area contributed by atoms with Crippen LogP contribution in [0.1, 0.15) is 58.0 Å². The van der Waals surface area contributed by atoms with Gasteiger partial charge in [0.2, 0.25) is 5.91 Å². The van der Waals surface area contributed by atoms with Crippen LogP contribution in [-0.4, -0.2) is 53.3 Å². The largest absolute Gasteiger partial charge is 0.383 e. The van der Waals surface area contributed by atoms with Gasteiger partial charge in [0.05, 0.1) is 23.7 Å². The predicted molar refractivity (Wildman–Crippen MR) is 113 cm³/mol. The Balaban J connectivity index is 1.77. The Labute approximate surface area is 176 Å². The third kappa shape index (κ3) is 4.70. The molecule has 1 aliphatic heterocycles. The van der Waals surface area contributed by atoms with Crippen molar-refractivity contribution in [3.8, 4) is 0 Å². The summed E-state index contributed by atoms with van der Waals surface area (Å²) in [6.45, 7) is 9.62. The van der Waals surface area contributed by atoms with E-state index in [0.717, 1.165) is 16.0 Å². The minimum absolute atomic E-state index is 0.00438. The van der Waals surface area contributed by atoms with Crippen molar-refractivity contribution in [3.63, 3.8) is 0 Å². The molecule has 0 aliphatic carbocycles. The average molecular weight is 419 g/mol. The van der Waals surface area contributed by atoms with E-state index in [4.69, 9.17) is 4.74 Å². The number of hydrogen-bond acceptors (Lipinski definition) is 5. The van der Waals surface area contributed by atoms with Crippen molar-refractivity contribution in [2.24, 2.45) is 5.92 Å². The zero-order valence-corrected chi connectivity index (χ0v) is 18.6. The summed E-state index contributed by atoms with van der Waals surface area (Å²) in [5.41, 5.74) is 2.13. The number of aryl methyl sites for hydroxylation is 2. The topological polar surface area (TPSA) is 76.5 Å². The number of nitrogens with one attached hydrogen (secondary N) is 1. The van der Waals surface area contributed by atoms with Gasteiger partial charge in [0.15, 0.2) is 0 Å². The minimum Gasteiger partial charge on any atom is -0.383 e. The monoisotopic (exact) mass is 418 g/mol. The van der Waals surface area contributed by atoms with E-state index < -0.39 is 0 Å². The number of methoxy groups -OCH3 is 1. The zero-order valence-electron chi connectivity index (χ0n) is 17.8. The van der Waals surface area contributed by atoms with E-state index in [0.29, 0.717) is 31.0 Å². The normalized spacial score (nSPS) is 19.4. The summed E-state index contributed by atoms with van der Waals surface area (Å²) in [5, 5.41) is 7.49. The molecule has 2 amide bonds. The SMILES string of the molecule is COCCN1C(=O)C[C@@H](CNC(=O)c2cc(C)c(C)s2)[C@@H]1c1cnn(C(C)C)c1. The van der Waals surface area contributed by atoms with Crippen LogP contribution in [0, 0.1) is 19.8 Å². The second-order valence-electron chi connectivity index (χ2n) is 7.90. The van der Waals surface area contributed by atoms with Gasteiger partial charge in [-0.05, 0) is 39.3 Å². The molecule has 7 nitrogen and oxygen atoms in total. The summed E-state index contributed by atoms with van der Waals surface area (Å²) in [4.78, 5) is 29.0. The zero-order chi connectivity index (χ0) is 21.1. The molecule has 1 aliphatic rings. The molecular weight excluding hydrogens is 388 g/mol. The second-order valence-corrected chi connectivity index (χ2v) is 9.15. The molecule has 0 aromatic carbocycles. The molecule has 8 heteroatoms. The lowest BCUT2D eigenvalue weighted by molar-refractivity contribution is -0.129. The average Bonchev–Trinajstić information content (AvgIpc) is 3.36. The van der Waals surface area contributed by atoms with E-state index in [1.807, 2.05) is 41.9 Å². The van der Waals surface area contributed by atoms with E-state index in [-0.39, 0.29) is 29.8 Å². The van der Waals surface area contributed by atoms with Gasteiger partial charge in [0.25, 0.3) is 5.91 Å². The van der Waals surface area contributed by atoms with E-state index in [2.05, 4.69) is 24.3 Å². The summed E-state index contributed by atoms with van der Waals surface area (Å²) in [6.07, 6.45) is 4.25. The summed E-state index contributed by atoms with van der Waals surface area (Å²) in [6, 6.07) is 2.05. The van der Waals surface area contributed by atoms with Gasteiger partial charge in [0, 0.05) is 55.2 Å². The number of amides is 2. The molecule has 1 fully saturated rings. The first kappa shape index (κ1) is 21.5. The first-order valence-electron chi connectivity index (χ1n) is 9.99. The van der Waals surface area contributed by atoms with Crippen LogP contribution in [0.2, 0.25) is 0 Å². The molecule has 1 N–H and O–H groups in total. The molecule has 1 saturated heterocycles. The third-order valence-electron chi connectivity index (χ3n) is 5.48. The fraction of sp³-hybridized carbons (Fsp3) is 0.571. The molecular formula is C21H30N4O3S. The van der Waals surface area contributed by atoms with Crippen LogP contribution in [0.3, 0.4) is 0 Å². The Morgan fingerprint density at radius 1 is 1.41 bits per heavy atom. The lowest BCUT2D eigenvalue weighted by atomic mass is 9.95. The number of carbonyl (C=O) groups is 2. The van der Waals surface area contributed by atoms with Gasteiger partial charge in [-0.15, -0.1) is 11.3 Å². The first-order chi connectivity index (χ1) is 13.8. The van der Waals surface area contributed by atoms with Crippen LogP contribution in [0.5, 0.6) is 0 Å². The summed E-state index contributed by atoms with van der Waals surface area (Å²) in [7, 11) is 1.63. The highest BCUT2D eigenvalue weighted by molar-refractivity contribution is 7.14. The van der Waals surface area contributed by atoms with Crippen LogP contribution >= 0.6 is 11.3 Å². The van der Waals surface area contributed by atoms with E-state index in [9.17, 15) is 9.59 Å². The lowest BCUT2D eigenvalue weighted by Crippen LogP contribution is -2.35. The van der Waals surface area contributed by atoms with Crippen LogP contribution in [0.15, 0.2) is 18.5 Å². The van der Waals surface area contributed by atoms with Gasteiger partial charge < -0.3 is 15.0 Å². The Kier molecular flexibility index (Phi) is 6.74. The van der Waals surface area contributed by atoms with Crippen LogP contribution in [0.25, 0.3) is 0 Å². The number of nitrogens with zero attached hydrogens (tertiary/aromatic N) is 3. The highest BCUT2D eigenvalue weighted by atomic mass is 32.1. The van der Waals surface area contributed by atoms with E-state index in [1.54, 1.807) is 7.11 Å². The van der Waals surface area contributed by atoms with Gasteiger partial charge >= 0.3 is 0 Å². The van der Waals surface area contributed by atoms with Crippen molar-refractivity contribution in [1.82, 2.24) is 20.0 Å². The Hall–Kier alpha value is -2.19. The molecule has 0 saturated carbocycles. The van der Waals surface area contributed by atoms with Crippen LogP contribution in [-0.2, 0) is 9.53 Å². The van der Waals surface area contributed by atoms with Crippen molar-refractivity contribution in [3.05, 3.63) is 39.3 Å². The molecule has 2 aromatic heterocycles. The van der Waals surface area contributed by atoms with Gasteiger partial charge in [0.1, 0.15) is 0 Å². The fourth-order valence-electron chi connectivity index (χ4n) is 3.74. The Bertz CT molecular complexity index is 854. The number of ether oxygens (including phenoxy) is 1. The van der Waals surface area contributed by atoms with Gasteiger partial charge in [-0.25, -0.2) is 0 Å². The number of rotatable bonds is 8. The van der Waals surface area contributed by atoms with Crippen molar-refractivity contribution >= 4 is 23.2 Å². The highest BCUT2D eigenvalue weighted by Gasteiger charge is 2.41. The smallest absolute Gasteiger partial charge is 0.261 e. The molecule has 2 aromatic rings. The van der Waals surface area contributed by atoms with E-state index in [1.165, 1.54) is 11.3 Å². The standard InChI is InChI=1S/C21H30N4O3S/c1-13(2)25-12-17(11-23-25)20-16(9-19(26)24(20)6-7-28-5)10-22-21(27)18-8-14(3)15(4)29-18/h8,11-13,16,20H,6-7,9-10H2,1-5H3,(H,22,27)/t16-,20+/m0/s1. The summed E-state index contributed by atoms with van der Waals surface area (Å²) in [5.74, 6) is 0.00676. The van der Waals surface area contributed by atoms with E-state index >= 15 is 0 Å². The molecule has 0 spiro atoms.